The van der Waals surface area contributed by atoms with E-state index in [4.69, 9.17) is 23.2 Å². The molecule has 0 heterocycles. The maximum Gasteiger partial charge on any atom is 0.244 e. The van der Waals surface area contributed by atoms with E-state index in [0.29, 0.717) is 33.1 Å². The highest BCUT2D eigenvalue weighted by atomic mass is 35.5. The van der Waals surface area contributed by atoms with Crippen molar-refractivity contribution in [3.8, 4) is 0 Å². The molecule has 3 rings (SSSR count). The zero-order valence-corrected chi connectivity index (χ0v) is 22.0. The van der Waals surface area contributed by atoms with Crippen molar-refractivity contribution in [3.63, 3.8) is 0 Å². The van der Waals surface area contributed by atoms with E-state index < -0.39 is 28.5 Å². The van der Waals surface area contributed by atoms with E-state index in [2.05, 4.69) is 5.32 Å². The molecule has 10 heteroatoms. The molecule has 0 aliphatic carbocycles. The van der Waals surface area contributed by atoms with Crippen molar-refractivity contribution >= 4 is 61.5 Å². The Kier molecular flexibility index (Phi) is 8.64. The van der Waals surface area contributed by atoms with E-state index in [1.165, 1.54) is 11.9 Å². The highest BCUT2D eigenvalue weighted by Gasteiger charge is 2.31. The van der Waals surface area contributed by atoms with E-state index in [9.17, 15) is 18.0 Å². The monoisotopic (exact) mass is 535 g/mol. The van der Waals surface area contributed by atoms with Gasteiger partial charge >= 0.3 is 0 Å². The highest BCUT2D eigenvalue weighted by molar-refractivity contribution is 7.92. The van der Waals surface area contributed by atoms with Crippen LogP contribution >= 0.6 is 23.2 Å². The minimum atomic E-state index is -3.83. The number of nitrogens with zero attached hydrogens (tertiary/aromatic N) is 2. The van der Waals surface area contributed by atoms with Gasteiger partial charge in [0.2, 0.25) is 21.8 Å². The summed E-state index contributed by atoms with van der Waals surface area (Å²) in [4.78, 5) is 27.7. The Morgan fingerprint density at radius 2 is 1.69 bits per heavy atom. The first-order valence-corrected chi connectivity index (χ1v) is 13.6. The molecule has 35 heavy (non-hydrogen) atoms. The maximum absolute atomic E-state index is 13.7. The average molecular weight is 536 g/mol. The number of benzene rings is 3. The largest absolute Gasteiger partial charge is 0.357 e. The lowest BCUT2D eigenvalue weighted by atomic mass is 10.1. The van der Waals surface area contributed by atoms with Crippen LogP contribution < -0.4 is 9.62 Å². The number of hydrogen-bond acceptors (Lipinski definition) is 4. The van der Waals surface area contributed by atoms with Crippen molar-refractivity contribution in [2.24, 2.45) is 0 Å². The molecular weight excluding hydrogens is 509 g/mol. The van der Waals surface area contributed by atoms with Gasteiger partial charge in [-0.15, -0.1) is 0 Å². The lowest BCUT2D eigenvalue weighted by Crippen LogP contribution is -2.51. The van der Waals surface area contributed by atoms with E-state index in [1.807, 2.05) is 24.3 Å². The maximum atomic E-state index is 13.7. The van der Waals surface area contributed by atoms with Gasteiger partial charge in [-0.3, -0.25) is 13.9 Å². The van der Waals surface area contributed by atoms with Gasteiger partial charge in [-0.1, -0.05) is 72.6 Å². The Balaban J connectivity index is 2.04. The fraction of sp³-hybridized carbons (Fsp3) is 0.280. The third-order valence-corrected chi connectivity index (χ3v) is 7.55. The molecule has 3 aromatic rings. The summed E-state index contributed by atoms with van der Waals surface area (Å²) >= 11 is 12.2. The van der Waals surface area contributed by atoms with Crippen molar-refractivity contribution < 1.29 is 18.0 Å². The van der Waals surface area contributed by atoms with E-state index in [-0.39, 0.29) is 12.5 Å². The zero-order valence-electron chi connectivity index (χ0n) is 19.7. The van der Waals surface area contributed by atoms with Gasteiger partial charge in [0.1, 0.15) is 12.6 Å². The number of likely N-dealkylation sites (N-methyl/N-ethyl adjacent to an activating group) is 1. The predicted molar refractivity (Wildman–Crippen MR) is 141 cm³/mol. The molecule has 0 saturated heterocycles. The predicted octanol–water partition coefficient (Wildman–Crippen LogP) is 4.47. The molecule has 1 N–H and O–H groups in total. The summed E-state index contributed by atoms with van der Waals surface area (Å²) in [5.41, 5.74) is 1.05. The number of amides is 2. The second kappa shape index (κ2) is 11.3. The fourth-order valence-corrected chi connectivity index (χ4v) is 5.12. The molecule has 186 valence electrons. The highest BCUT2D eigenvalue weighted by Crippen LogP contribution is 2.29. The molecule has 0 fully saturated rings. The van der Waals surface area contributed by atoms with Crippen LogP contribution in [0.1, 0.15) is 18.9 Å². The number of carbonyl (C=O) groups excluding carboxylic acids is 2. The van der Waals surface area contributed by atoms with Gasteiger partial charge in [-0.2, -0.15) is 0 Å². The quantitative estimate of drug-likeness (QED) is 0.438. The van der Waals surface area contributed by atoms with Crippen LogP contribution in [0, 0.1) is 0 Å². The van der Waals surface area contributed by atoms with Crippen LogP contribution in [0.25, 0.3) is 10.8 Å². The van der Waals surface area contributed by atoms with Crippen molar-refractivity contribution in [1.29, 1.82) is 0 Å². The van der Waals surface area contributed by atoms with Crippen LogP contribution in [-0.2, 0) is 26.2 Å². The van der Waals surface area contributed by atoms with Gasteiger partial charge in [-0.25, -0.2) is 8.42 Å². The molecule has 0 spiro atoms. The van der Waals surface area contributed by atoms with Crippen molar-refractivity contribution in [2.45, 2.75) is 25.9 Å². The van der Waals surface area contributed by atoms with Crippen LogP contribution in [0.2, 0.25) is 10.0 Å². The number of nitrogens with one attached hydrogen (secondary N) is 1. The summed E-state index contributed by atoms with van der Waals surface area (Å²) in [5, 5.41) is 4.81. The number of sulfonamides is 1. The Labute approximate surface area is 215 Å². The van der Waals surface area contributed by atoms with Gasteiger partial charge in [-0.05, 0) is 35.6 Å². The van der Waals surface area contributed by atoms with Crippen LogP contribution in [0.5, 0.6) is 0 Å². The second-order valence-electron chi connectivity index (χ2n) is 8.08. The third kappa shape index (κ3) is 6.25. The Morgan fingerprint density at radius 1 is 1.00 bits per heavy atom. The van der Waals surface area contributed by atoms with Gasteiger partial charge in [0.05, 0.1) is 22.0 Å². The molecule has 0 radical (unpaired) electrons. The zero-order chi connectivity index (χ0) is 25.8. The second-order valence-corrected chi connectivity index (χ2v) is 10.8. The molecule has 0 aliphatic rings. The summed E-state index contributed by atoms with van der Waals surface area (Å²) in [6.45, 7) is 1.37. The summed E-state index contributed by atoms with van der Waals surface area (Å²) in [6.07, 6.45) is 1.39. The van der Waals surface area contributed by atoms with Crippen LogP contribution in [0.4, 0.5) is 5.69 Å². The SMILES string of the molecule is CCC(C(=O)NC)N(Cc1ccc(Cl)c(Cl)c1)C(=O)CN(c1cccc2ccccc12)S(C)(=O)=O. The molecule has 2 amide bonds. The number of fused-ring (bicyclic) bond motifs is 1. The van der Waals surface area contributed by atoms with Gasteiger partial charge in [0, 0.05) is 19.0 Å². The molecule has 7 nitrogen and oxygen atoms in total. The van der Waals surface area contributed by atoms with Crippen molar-refractivity contribution in [1.82, 2.24) is 10.2 Å². The average Bonchev–Trinajstić information content (AvgIpc) is 2.83. The van der Waals surface area contributed by atoms with Crippen LogP contribution in [-0.4, -0.2) is 51.0 Å². The molecule has 3 aromatic carbocycles. The molecular formula is C25H27Cl2N3O4S. The van der Waals surface area contributed by atoms with Crippen molar-refractivity contribution in [2.75, 3.05) is 24.2 Å². The number of carbonyl (C=O) groups is 2. The first-order valence-electron chi connectivity index (χ1n) is 11.0. The van der Waals surface area contributed by atoms with Gasteiger partial charge in [0.15, 0.2) is 0 Å². The Morgan fingerprint density at radius 3 is 2.31 bits per heavy atom. The molecule has 1 atom stereocenters. The minimum absolute atomic E-state index is 0.0504. The van der Waals surface area contributed by atoms with Crippen LogP contribution in [0.3, 0.4) is 0 Å². The topological polar surface area (TPSA) is 86.8 Å². The Bertz CT molecular complexity index is 1340. The van der Waals surface area contributed by atoms with Gasteiger partial charge < -0.3 is 10.2 Å². The molecule has 0 bridgehead atoms. The Hall–Kier alpha value is -2.81. The molecule has 1 unspecified atom stereocenters. The fourth-order valence-electron chi connectivity index (χ4n) is 3.94. The number of halogens is 2. The first kappa shape index (κ1) is 26.8. The molecule has 0 saturated carbocycles. The third-order valence-electron chi connectivity index (χ3n) is 5.68. The summed E-state index contributed by atoms with van der Waals surface area (Å²) in [6, 6.07) is 16.8. The normalized spacial score (nSPS) is 12.3. The van der Waals surface area contributed by atoms with E-state index in [1.54, 1.807) is 43.3 Å². The molecule has 0 aliphatic heterocycles. The number of hydrogen-bond donors (Lipinski definition) is 1. The smallest absolute Gasteiger partial charge is 0.244 e. The number of rotatable bonds is 9. The van der Waals surface area contributed by atoms with Crippen molar-refractivity contribution in [3.05, 3.63) is 76.3 Å². The lowest BCUT2D eigenvalue weighted by molar-refractivity contribution is -0.140. The van der Waals surface area contributed by atoms with E-state index >= 15 is 0 Å². The lowest BCUT2D eigenvalue weighted by Gasteiger charge is -2.33. The first-order chi connectivity index (χ1) is 16.6. The minimum Gasteiger partial charge on any atom is -0.357 e. The summed E-state index contributed by atoms with van der Waals surface area (Å²) in [5.74, 6) is -0.873. The van der Waals surface area contributed by atoms with Crippen LogP contribution in [0.15, 0.2) is 60.7 Å². The summed E-state index contributed by atoms with van der Waals surface area (Å²) < 4.78 is 26.8. The van der Waals surface area contributed by atoms with E-state index in [0.717, 1.165) is 15.9 Å². The standard InChI is InChI=1S/C25H27Cl2N3O4S/c1-4-22(25(32)28-2)29(15-17-12-13-20(26)21(27)14-17)24(31)16-30(35(3,33)34)23-11-7-9-18-8-5-6-10-19(18)23/h5-14,22H,4,15-16H2,1-3H3,(H,28,32). The summed E-state index contributed by atoms with van der Waals surface area (Å²) in [7, 11) is -2.34. The van der Waals surface area contributed by atoms with Gasteiger partial charge in [0.25, 0.3) is 0 Å². The number of anilines is 1. The molecule has 0 aromatic heterocycles.